The summed E-state index contributed by atoms with van der Waals surface area (Å²) in [6, 6.07) is 7.87. The van der Waals surface area contributed by atoms with Gasteiger partial charge in [-0.05, 0) is 68.5 Å². The summed E-state index contributed by atoms with van der Waals surface area (Å²) in [6.07, 6.45) is -9.17. The number of alkyl halides is 9. The van der Waals surface area contributed by atoms with Crippen LogP contribution in [0.1, 0.15) is 54.6 Å². The third kappa shape index (κ3) is 7.62. The van der Waals surface area contributed by atoms with Crippen LogP contribution in [0, 0.1) is 5.92 Å². The zero-order valence-electron chi connectivity index (χ0n) is 26.6. The van der Waals surface area contributed by atoms with Crippen molar-refractivity contribution >= 4 is 28.2 Å². The highest BCUT2D eigenvalue weighted by Gasteiger charge is 2.86. The van der Waals surface area contributed by atoms with E-state index in [1.54, 1.807) is 20.8 Å². The highest BCUT2D eigenvalue weighted by molar-refractivity contribution is 7.88. The Balaban J connectivity index is 1.56. The van der Waals surface area contributed by atoms with E-state index in [0.29, 0.717) is 28.2 Å². The topological polar surface area (TPSA) is 140 Å². The molecule has 2 heterocycles. The molecule has 0 spiro atoms. The van der Waals surface area contributed by atoms with Crippen LogP contribution < -0.4 is 8.92 Å². The van der Waals surface area contributed by atoms with Gasteiger partial charge in [0.05, 0.1) is 13.2 Å². The Labute approximate surface area is 284 Å². The van der Waals surface area contributed by atoms with Crippen LogP contribution in [0.2, 0.25) is 0 Å². The van der Waals surface area contributed by atoms with Gasteiger partial charge >= 0.3 is 45.6 Å². The number of halogens is 9. The van der Waals surface area contributed by atoms with Crippen molar-refractivity contribution in [3.05, 3.63) is 59.2 Å². The van der Waals surface area contributed by atoms with Gasteiger partial charge in [-0.2, -0.15) is 47.9 Å². The van der Waals surface area contributed by atoms with Gasteiger partial charge < -0.3 is 23.7 Å². The second kappa shape index (κ2) is 13.3. The predicted octanol–water partition coefficient (Wildman–Crippen LogP) is 6.87. The van der Waals surface area contributed by atoms with Gasteiger partial charge in [-0.25, -0.2) is 14.5 Å². The van der Waals surface area contributed by atoms with Crippen molar-refractivity contribution in [2.45, 2.75) is 68.5 Å². The van der Waals surface area contributed by atoms with Gasteiger partial charge in [0.1, 0.15) is 17.1 Å². The van der Waals surface area contributed by atoms with E-state index in [2.05, 4.69) is 4.18 Å². The number of imide groups is 1. The fraction of sp³-hybridized carbons (Fsp3) is 0.500. The lowest BCUT2D eigenvalue weighted by molar-refractivity contribution is -0.382. The van der Waals surface area contributed by atoms with E-state index >= 15 is 0 Å². The fourth-order valence-electron chi connectivity index (χ4n) is 5.33. The number of nitrogens with zero attached hydrogens (tertiary/aromatic N) is 2. The second-order valence-corrected chi connectivity index (χ2v) is 14.2. The molecule has 11 nitrogen and oxygen atoms in total. The van der Waals surface area contributed by atoms with Crippen LogP contribution in [-0.4, -0.2) is 90.0 Å². The van der Waals surface area contributed by atoms with Crippen LogP contribution in [0.15, 0.2) is 42.5 Å². The molecular formula is C30H29F9N2O9S. The Morgan fingerprint density at radius 3 is 2.04 bits per heavy atom. The number of hydrogen-bond donors (Lipinski definition) is 1. The molecular weight excluding hydrogens is 735 g/mol. The lowest BCUT2D eigenvalue weighted by Gasteiger charge is -2.39. The number of carbonyl (C=O) groups excluding carboxylic acids is 2. The first-order valence-corrected chi connectivity index (χ1v) is 16.1. The van der Waals surface area contributed by atoms with Gasteiger partial charge in [-0.3, -0.25) is 4.79 Å². The number of ether oxygens (including phenoxy) is 2. The highest BCUT2D eigenvalue weighted by atomic mass is 32.2. The van der Waals surface area contributed by atoms with Crippen molar-refractivity contribution in [1.82, 2.24) is 9.80 Å². The maximum Gasteiger partial charge on any atom is 0.460 e. The van der Waals surface area contributed by atoms with Crippen LogP contribution in [0.5, 0.6) is 11.5 Å². The molecule has 282 valence electrons. The summed E-state index contributed by atoms with van der Waals surface area (Å²) in [6.45, 7) is 4.71. The molecule has 51 heavy (non-hydrogen) atoms. The van der Waals surface area contributed by atoms with E-state index in [4.69, 9.17) is 9.47 Å². The monoisotopic (exact) mass is 764 g/mol. The van der Waals surface area contributed by atoms with E-state index in [1.165, 1.54) is 23.1 Å². The molecule has 1 saturated heterocycles. The molecule has 3 amide bonds. The van der Waals surface area contributed by atoms with E-state index in [-0.39, 0.29) is 44.0 Å². The fourth-order valence-corrected chi connectivity index (χ4v) is 6.24. The Kier molecular flexibility index (Phi) is 10.2. The Morgan fingerprint density at radius 2 is 1.49 bits per heavy atom. The lowest BCUT2D eigenvalue weighted by atomic mass is 9.81. The quantitative estimate of drug-likeness (QED) is 0.214. The first kappa shape index (κ1) is 39.4. The van der Waals surface area contributed by atoms with E-state index in [0.717, 1.165) is 12.1 Å². The summed E-state index contributed by atoms with van der Waals surface area (Å²) in [5.74, 6) is -17.8. The molecule has 0 radical (unpaired) electrons. The van der Waals surface area contributed by atoms with E-state index in [1.807, 2.05) is 0 Å². The maximum atomic E-state index is 14.1. The van der Waals surface area contributed by atoms with Gasteiger partial charge in [0, 0.05) is 24.6 Å². The van der Waals surface area contributed by atoms with Crippen LogP contribution in [-0.2, 0) is 21.4 Å². The molecule has 2 aromatic rings. The minimum Gasteiger partial charge on any atom is -0.493 e. The van der Waals surface area contributed by atoms with Crippen molar-refractivity contribution < 1.29 is 81.1 Å². The summed E-state index contributed by atoms with van der Waals surface area (Å²) in [5, 5.41) is 2.20. The number of piperidine rings is 1. The maximum absolute atomic E-state index is 14.1. The van der Waals surface area contributed by atoms with Crippen molar-refractivity contribution in [3.8, 4) is 11.5 Å². The second-order valence-electron chi connectivity index (χ2n) is 12.7. The minimum atomic E-state index is -7.46. The first-order valence-electron chi connectivity index (χ1n) is 14.7. The van der Waals surface area contributed by atoms with E-state index in [9.17, 15) is 67.4 Å². The standard InChI is InChI=1S/C30H29F9N2O9S/c1-26(2,3)49-25(45)40-11-10-21(18(13-40)15-48-20-9-6-17-14-41(24(43)44)23(42)22(17)12-20)16-4-7-19(8-5-16)50-51(46,47)30(38,39)28(33,34)27(31,32)29(35,36)37/h4-9,12,18,21H,10-11,13-15H2,1-3H3,(H,43,44). The number of hydrogen-bond acceptors (Lipinski definition) is 8. The van der Waals surface area contributed by atoms with Crippen molar-refractivity contribution in [2.24, 2.45) is 5.92 Å². The minimum absolute atomic E-state index is 0.00238. The Hall–Kier alpha value is -4.43. The SMILES string of the molecule is CC(C)(C)OC(=O)N1CCC(c2ccc(OS(=O)(=O)C(F)(F)C(F)(F)C(F)(F)C(F)(F)F)cc2)C(COc2ccc3c(c2)C(=O)N(C(=O)O)C3)C1. The molecule has 4 rings (SSSR count). The molecule has 2 unspecified atom stereocenters. The summed E-state index contributed by atoms with van der Waals surface area (Å²) in [7, 11) is -7.15. The average Bonchev–Trinajstić information content (AvgIpc) is 3.34. The zero-order valence-corrected chi connectivity index (χ0v) is 27.5. The summed E-state index contributed by atoms with van der Waals surface area (Å²) >= 11 is 0. The highest BCUT2D eigenvalue weighted by Crippen LogP contribution is 2.55. The molecule has 0 saturated carbocycles. The van der Waals surface area contributed by atoms with Gasteiger partial charge in [0.25, 0.3) is 5.91 Å². The molecule has 0 bridgehead atoms. The van der Waals surface area contributed by atoms with Crippen molar-refractivity contribution in [2.75, 3.05) is 19.7 Å². The molecule has 0 aromatic heterocycles. The smallest absolute Gasteiger partial charge is 0.460 e. The molecule has 2 atom stereocenters. The van der Waals surface area contributed by atoms with Crippen molar-refractivity contribution in [1.29, 1.82) is 0 Å². The number of carbonyl (C=O) groups is 3. The zero-order chi connectivity index (χ0) is 38.5. The molecule has 2 aliphatic rings. The number of rotatable bonds is 9. The Morgan fingerprint density at radius 1 is 0.902 bits per heavy atom. The van der Waals surface area contributed by atoms with Gasteiger partial charge in [-0.1, -0.05) is 18.2 Å². The van der Waals surface area contributed by atoms with Gasteiger partial charge in [0.2, 0.25) is 0 Å². The molecule has 0 aliphatic carbocycles. The normalized spacial score (nSPS) is 19.1. The number of benzene rings is 2. The third-order valence-electron chi connectivity index (χ3n) is 7.91. The van der Waals surface area contributed by atoms with E-state index < -0.39 is 74.7 Å². The Bertz CT molecular complexity index is 1780. The summed E-state index contributed by atoms with van der Waals surface area (Å²) in [4.78, 5) is 38.7. The lowest BCUT2D eigenvalue weighted by Crippen LogP contribution is -2.63. The number of carboxylic acid groups (broad SMARTS) is 1. The molecule has 21 heteroatoms. The molecule has 2 aliphatic heterocycles. The third-order valence-corrected chi connectivity index (χ3v) is 9.21. The van der Waals surface area contributed by atoms with Crippen LogP contribution in [0.4, 0.5) is 49.1 Å². The van der Waals surface area contributed by atoms with Crippen LogP contribution >= 0.6 is 0 Å². The largest absolute Gasteiger partial charge is 0.493 e. The van der Waals surface area contributed by atoms with Crippen molar-refractivity contribution in [3.63, 3.8) is 0 Å². The van der Waals surface area contributed by atoms with Gasteiger partial charge in [-0.15, -0.1) is 0 Å². The average molecular weight is 765 g/mol. The molecule has 1 N–H and O–H groups in total. The van der Waals surface area contributed by atoms with Gasteiger partial charge in [0.15, 0.2) is 0 Å². The molecule has 1 fully saturated rings. The molecule has 2 aromatic carbocycles. The predicted molar refractivity (Wildman–Crippen MR) is 155 cm³/mol. The number of likely N-dealkylation sites (tertiary alicyclic amines) is 1. The van der Waals surface area contributed by atoms with Crippen LogP contribution in [0.3, 0.4) is 0 Å². The number of fused-ring (bicyclic) bond motifs is 1. The summed E-state index contributed by atoms with van der Waals surface area (Å²) < 4.78 is 159. The van der Waals surface area contributed by atoms with Crippen LogP contribution in [0.25, 0.3) is 0 Å². The first-order chi connectivity index (χ1) is 23.2. The summed E-state index contributed by atoms with van der Waals surface area (Å²) in [5.41, 5.74) is -0.0119. The number of amides is 3.